The highest BCUT2D eigenvalue weighted by Gasteiger charge is 2.61. The van der Waals surface area contributed by atoms with Gasteiger partial charge in [0.15, 0.2) is 0 Å². The van der Waals surface area contributed by atoms with Crippen molar-refractivity contribution in [3.8, 4) is 0 Å². The fraction of sp³-hybridized carbons (Fsp3) is 1.00. The van der Waals surface area contributed by atoms with E-state index in [1.165, 1.54) is 51.4 Å². The van der Waals surface area contributed by atoms with Crippen molar-refractivity contribution < 1.29 is 0 Å². The minimum Gasteiger partial charge on any atom is -0.327 e. The smallest absolute Gasteiger partial charge is 0.00986 e. The Kier molecular flexibility index (Phi) is 3.10. The van der Waals surface area contributed by atoms with Crippen LogP contribution in [0.2, 0.25) is 0 Å². The topological polar surface area (TPSA) is 26.0 Å². The third kappa shape index (κ3) is 2.26. The summed E-state index contributed by atoms with van der Waals surface area (Å²) >= 11 is 0. The van der Waals surface area contributed by atoms with Gasteiger partial charge < -0.3 is 5.73 Å². The summed E-state index contributed by atoms with van der Waals surface area (Å²) in [5.41, 5.74) is 8.48. The van der Waals surface area contributed by atoms with Gasteiger partial charge in [0.2, 0.25) is 0 Å². The van der Waals surface area contributed by atoms with Crippen LogP contribution in [0.25, 0.3) is 0 Å². The molecular weight excluding hydrogens is 230 g/mol. The van der Waals surface area contributed by atoms with Gasteiger partial charge >= 0.3 is 0 Å². The normalized spacial score (nSPS) is 51.3. The van der Waals surface area contributed by atoms with E-state index in [4.69, 9.17) is 5.73 Å². The van der Waals surface area contributed by atoms with Gasteiger partial charge in [0.05, 0.1) is 0 Å². The summed E-state index contributed by atoms with van der Waals surface area (Å²) in [7, 11) is 0. The largest absolute Gasteiger partial charge is 0.327 e. The van der Waals surface area contributed by atoms with E-state index in [-0.39, 0.29) is 0 Å². The molecule has 0 spiro atoms. The van der Waals surface area contributed by atoms with Crippen LogP contribution >= 0.6 is 0 Å². The average molecular weight is 263 g/mol. The SMILES string of the molecule is CCC(C)CC(N)C12CC3CC(C)(CC(C)(C3)C1)C2. The molecule has 0 aromatic rings. The second kappa shape index (κ2) is 4.23. The molecule has 4 aliphatic rings. The van der Waals surface area contributed by atoms with Crippen molar-refractivity contribution in [3.63, 3.8) is 0 Å². The second-order valence-electron chi connectivity index (χ2n) is 9.35. The van der Waals surface area contributed by atoms with Gasteiger partial charge in [-0.1, -0.05) is 34.1 Å². The molecule has 1 heteroatoms. The van der Waals surface area contributed by atoms with Gasteiger partial charge in [-0.25, -0.2) is 0 Å². The van der Waals surface area contributed by atoms with E-state index in [0.29, 0.717) is 22.3 Å². The number of rotatable bonds is 4. The maximum Gasteiger partial charge on any atom is 0.00986 e. The molecule has 1 nitrogen and oxygen atoms in total. The van der Waals surface area contributed by atoms with Crippen LogP contribution in [-0.4, -0.2) is 6.04 Å². The summed E-state index contributed by atoms with van der Waals surface area (Å²) in [5.74, 6) is 1.78. The van der Waals surface area contributed by atoms with E-state index < -0.39 is 0 Å². The lowest BCUT2D eigenvalue weighted by atomic mass is 9.39. The molecule has 0 aromatic heterocycles. The van der Waals surface area contributed by atoms with Crippen LogP contribution in [0.5, 0.6) is 0 Å². The highest BCUT2D eigenvalue weighted by Crippen LogP contribution is 2.70. The molecule has 0 aliphatic heterocycles. The van der Waals surface area contributed by atoms with Gasteiger partial charge in [0, 0.05) is 6.04 Å². The van der Waals surface area contributed by atoms with E-state index in [0.717, 1.165) is 11.8 Å². The molecule has 110 valence electrons. The lowest BCUT2D eigenvalue weighted by molar-refractivity contribution is -0.155. The molecule has 0 aromatic carbocycles. The van der Waals surface area contributed by atoms with Gasteiger partial charge in [-0.2, -0.15) is 0 Å². The van der Waals surface area contributed by atoms with Crippen molar-refractivity contribution >= 4 is 0 Å². The average Bonchev–Trinajstić information content (AvgIpc) is 2.23. The molecule has 0 amide bonds. The summed E-state index contributed by atoms with van der Waals surface area (Å²) in [5, 5.41) is 0. The van der Waals surface area contributed by atoms with Crippen molar-refractivity contribution in [2.24, 2.45) is 33.8 Å². The number of hydrogen-bond acceptors (Lipinski definition) is 1. The first-order valence-electron chi connectivity index (χ1n) is 8.54. The Balaban J connectivity index is 1.84. The summed E-state index contributed by atoms with van der Waals surface area (Å²) in [6.07, 6.45) is 11.2. The minimum atomic E-state index is 0.449. The molecule has 4 rings (SSSR count). The van der Waals surface area contributed by atoms with E-state index >= 15 is 0 Å². The molecule has 4 atom stereocenters. The van der Waals surface area contributed by atoms with Gasteiger partial charge in [0.1, 0.15) is 0 Å². The molecule has 4 unspecified atom stereocenters. The lowest BCUT2D eigenvalue weighted by Crippen LogP contribution is -2.60. The molecule has 4 saturated carbocycles. The summed E-state index contributed by atoms with van der Waals surface area (Å²) in [4.78, 5) is 0. The Labute approximate surface area is 119 Å². The first-order chi connectivity index (χ1) is 8.78. The van der Waals surface area contributed by atoms with E-state index in [9.17, 15) is 0 Å². The van der Waals surface area contributed by atoms with Crippen molar-refractivity contribution in [2.75, 3.05) is 0 Å². The van der Waals surface area contributed by atoms with Crippen LogP contribution in [0.1, 0.15) is 79.1 Å². The van der Waals surface area contributed by atoms with Crippen LogP contribution in [0.15, 0.2) is 0 Å². The zero-order valence-electron chi connectivity index (χ0n) is 13.5. The fourth-order valence-electron chi connectivity index (χ4n) is 6.80. The highest BCUT2D eigenvalue weighted by molar-refractivity contribution is 5.13. The maximum absolute atomic E-state index is 6.77. The second-order valence-corrected chi connectivity index (χ2v) is 9.35. The summed E-state index contributed by atoms with van der Waals surface area (Å²) in [6.45, 7) is 9.80. The molecule has 0 heterocycles. The Bertz CT molecular complexity index is 343. The van der Waals surface area contributed by atoms with Crippen LogP contribution in [0.3, 0.4) is 0 Å². The van der Waals surface area contributed by atoms with Crippen LogP contribution in [0.4, 0.5) is 0 Å². The Hall–Kier alpha value is -0.0400. The van der Waals surface area contributed by atoms with Gasteiger partial charge in [-0.15, -0.1) is 0 Å². The lowest BCUT2D eigenvalue weighted by Gasteiger charge is -2.67. The van der Waals surface area contributed by atoms with Gasteiger partial charge in [-0.3, -0.25) is 0 Å². The van der Waals surface area contributed by atoms with E-state index in [1.54, 1.807) is 0 Å². The van der Waals surface area contributed by atoms with Crippen LogP contribution in [0, 0.1) is 28.1 Å². The van der Waals surface area contributed by atoms with Crippen LogP contribution < -0.4 is 5.73 Å². The third-order valence-corrected chi connectivity index (χ3v) is 6.81. The first kappa shape index (κ1) is 13.9. The van der Waals surface area contributed by atoms with E-state index in [1.807, 2.05) is 0 Å². The van der Waals surface area contributed by atoms with Crippen molar-refractivity contribution in [3.05, 3.63) is 0 Å². The van der Waals surface area contributed by atoms with Crippen LogP contribution in [-0.2, 0) is 0 Å². The number of hydrogen-bond donors (Lipinski definition) is 1. The molecule has 19 heavy (non-hydrogen) atoms. The van der Waals surface area contributed by atoms with Crippen molar-refractivity contribution in [1.29, 1.82) is 0 Å². The molecule has 0 saturated heterocycles. The van der Waals surface area contributed by atoms with Crippen molar-refractivity contribution in [2.45, 2.75) is 85.1 Å². The molecule has 4 bridgehead atoms. The maximum atomic E-state index is 6.77. The Morgan fingerprint density at radius 2 is 1.63 bits per heavy atom. The number of nitrogens with two attached hydrogens (primary N) is 1. The van der Waals surface area contributed by atoms with E-state index in [2.05, 4.69) is 27.7 Å². The van der Waals surface area contributed by atoms with Crippen molar-refractivity contribution in [1.82, 2.24) is 0 Å². The standard InChI is InChI=1S/C18H33N/c1-5-13(2)6-15(19)18-9-14-7-16(3,11-18)10-17(4,8-14)12-18/h13-15H,5-12,19H2,1-4H3. The van der Waals surface area contributed by atoms with Gasteiger partial charge in [0.25, 0.3) is 0 Å². The third-order valence-electron chi connectivity index (χ3n) is 6.81. The minimum absolute atomic E-state index is 0.449. The molecule has 4 aliphatic carbocycles. The predicted octanol–water partition coefficient (Wildman–Crippen LogP) is 4.75. The monoisotopic (exact) mass is 263 g/mol. The zero-order chi connectivity index (χ0) is 13.9. The Morgan fingerprint density at radius 3 is 2.11 bits per heavy atom. The highest BCUT2D eigenvalue weighted by atomic mass is 14.8. The molecule has 2 N–H and O–H groups in total. The summed E-state index contributed by atoms with van der Waals surface area (Å²) in [6, 6.07) is 0.449. The zero-order valence-corrected chi connectivity index (χ0v) is 13.5. The molecule has 4 fully saturated rings. The molecule has 0 radical (unpaired) electrons. The van der Waals surface area contributed by atoms with Gasteiger partial charge in [-0.05, 0) is 73.0 Å². The fourth-order valence-corrected chi connectivity index (χ4v) is 6.80. The molecular formula is C18H33N. The predicted molar refractivity (Wildman–Crippen MR) is 81.9 cm³/mol. The first-order valence-corrected chi connectivity index (χ1v) is 8.54. The summed E-state index contributed by atoms with van der Waals surface area (Å²) < 4.78 is 0. The Morgan fingerprint density at radius 1 is 1.05 bits per heavy atom. The quantitative estimate of drug-likeness (QED) is 0.778.